The van der Waals surface area contributed by atoms with Gasteiger partial charge in [-0.15, -0.1) is 0 Å². The Bertz CT molecular complexity index is 483. The molecule has 6 nitrogen and oxygen atoms in total. The Balaban J connectivity index is 2.47. The summed E-state index contributed by atoms with van der Waals surface area (Å²) in [4.78, 5) is 34.0. The molecule has 0 aliphatic rings. The maximum atomic E-state index is 11.8. The van der Waals surface area contributed by atoms with Gasteiger partial charge in [-0.1, -0.05) is 6.92 Å². The van der Waals surface area contributed by atoms with Crippen molar-refractivity contribution in [2.45, 2.75) is 20.3 Å². The van der Waals surface area contributed by atoms with Crippen LogP contribution in [-0.2, 0) is 9.59 Å². The van der Waals surface area contributed by atoms with E-state index in [1.807, 2.05) is 6.92 Å². The zero-order valence-corrected chi connectivity index (χ0v) is 11.7. The molecule has 0 atom stereocenters. The highest BCUT2D eigenvalue weighted by atomic mass is 16.2. The average Bonchev–Trinajstić information content (AvgIpc) is 2.42. The minimum absolute atomic E-state index is 0.0493. The number of hydrogen-bond acceptors (Lipinski definition) is 3. The van der Waals surface area contributed by atoms with Crippen molar-refractivity contribution < 1.29 is 14.4 Å². The van der Waals surface area contributed by atoms with Gasteiger partial charge in [0.15, 0.2) is 0 Å². The van der Waals surface area contributed by atoms with Gasteiger partial charge in [0, 0.05) is 24.7 Å². The Morgan fingerprint density at radius 1 is 1.05 bits per heavy atom. The molecule has 0 unspecified atom stereocenters. The van der Waals surface area contributed by atoms with E-state index in [4.69, 9.17) is 0 Å². The van der Waals surface area contributed by atoms with Gasteiger partial charge in [0.05, 0.1) is 6.54 Å². The van der Waals surface area contributed by atoms with Gasteiger partial charge in [-0.25, -0.2) is 0 Å². The van der Waals surface area contributed by atoms with Crippen LogP contribution in [0.1, 0.15) is 30.6 Å². The molecular formula is C14H19N3O3. The third kappa shape index (κ3) is 5.51. The predicted octanol–water partition coefficient (Wildman–Crippen LogP) is 0.901. The molecule has 3 amide bonds. The molecule has 0 bridgehead atoms. The Hall–Kier alpha value is -2.37. The first-order chi connectivity index (χ1) is 9.52. The number of carbonyl (C=O) groups is 3. The van der Waals surface area contributed by atoms with E-state index in [-0.39, 0.29) is 24.3 Å². The van der Waals surface area contributed by atoms with Gasteiger partial charge in [-0.3, -0.25) is 14.4 Å². The van der Waals surface area contributed by atoms with Crippen LogP contribution in [0, 0.1) is 0 Å². The van der Waals surface area contributed by atoms with E-state index in [1.54, 1.807) is 24.3 Å². The van der Waals surface area contributed by atoms with Gasteiger partial charge in [0.1, 0.15) is 0 Å². The Morgan fingerprint density at radius 2 is 1.70 bits per heavy atom. The number of rotatable bonds is 6. The summed E-state index contributed by atoms with van der Waals surface area (Å²) in [5, 5.41) is 7.81. The fourth-order valence-corrected chi connectivity index (χ4v) is 1.50. The molecule has 0 aliphatic heterocycles. The van der Waals surface area contributed by atoms with Crippen LogP contribution in [-0.4, -0.2) is 30.8 Å². The van der Waals surface area contributed by atoms with E-state index in [2.05, 4.69) is 16.0 Å². The van der Waals surface area contributed by atoms with Crippen molar-refractivity contribution in [3.63, 3.8) is 0 Å². The molecule has 1 rings (SSSR count). The second kappa shape index (κ2) is 7.93. The topological polar surface area (TPSA) is 87.3 Å². The van der Waals surface area contributed by atoms with Gasteiger partial charge < -0.3 is 16.0 Å². The van der Waals surface area contributed by atoms with Crippen molar-refractivity contribution in [3.05, 3.63) is 29.8 Å². The van der Waals surface area contributed by atoms with Crippen LogP contribution in [0.4, 0.5) is 5.69 Å². The summed E-state index contributed by atoms with van der Waals surface area (Å²) < 4.78 is 0. The van der Waals surface area contributed by atoms with Crippen molar-refractivity contribution in [1.29, 1.82) is 0 Å². The number of amides is 3. The van der Waals surface area contributed by atoms with Crippen molar-refractivity contribution in [1.82, 2.24) is 10.6 Å². The smallest absolute Gasteiger partial charge is 0.251 e. The molecule has 108 valence electrons. The summed E-state index contributed by atoms with van der Waals surface area (Å²) in [6, 6.07) is 6.44. The maximum absolute atomic E-state index is 11.8. The standard InChI is InChI=1S/C14H19N3O3/c1-3-8-15-13(19)9-16-14(20)11-4-6-12(7-5-11)17-10(2)18/h4-7H,3,8-9H2,1-2H3,(H,15,19)(H,16,20)(H,17,18). The molecule has 0 saturated carbocycles. The van der Waals surface area contributed by atoms with Gasteiger partial charge in [0.25, 0.3) is 5.91 Å². The first kappa shape index (κ1) is 15.7. The second-order valence-electron chi connectivity index (χ2n) is 4.29. The lowest BCUT2D eigenvalue weighted by atomic mass is 10.2. The van der Waals surface area contributed by atoms with Crippen LogP contribution in [0.15, 0.2) is 24.3 Å². The number of hydrogen-bond donors (Lipinski definition) is 3. The summed E-state index contributed by atoms with van der Waals surface area (Å²) >= 11 is 0. The van der Waals surface area contributed by atoms with E-state index in [0.29, 0.717) is 17.8 Å². The van der Waals surface area contributed by atoms with E-state index in [0.717, 1.165) is 6.42 Å². The van der Waals surface area contributed by atoms with Gasteiger partial charge in [-0.2, -0.15) is 0 Å². The second-order valence-corrected chi connectivity index (χ2v) is 4.29. The minimum Gasteiger partial charge on any atom is -0.355 e. The molecule has 0 aliphatic carbocycles. The zero-order chi connectivity index (χ0) is 15.0. The van der Waals surface area contributed by atoms with Crippen molar-refractivity contribution in [2.24, 2.45) is 0 Å². The summed E-state index contributed by atoms with van der Waals surface area (Å²) in [5.41, 5.74) is 1.05. The molecule has 20 heavy (non-hydrogen) atoms. The van der Waals surface area contributed by atoms with Crippen molar-refractivity contribution >= 4 is 23.4 Å². The highest BCUT2D eigenvalue weighted by molar-refractivity contribution is 5.97. The number of carbonyl (C=O) groups excluding carboxylic acids is 3. The molecule has 1 aromatic carbocycles. The molecule has 0 heterocycles. The van der Waals surface area contributed by atoms with Crippen LogP contribution in [0.2, 0.25) is 0 Å². The summed E-state index contributed by atoms with van der Waals surface area (Å²) in [6.07, 6.45) is 0.851. The molecule has 0 aromatic heterocycles. The molecule has 0 spiro atoms. The Morgan fingerprint density at radius 3 is 2.25 bits per heavy atom. The number of nitrogens with one attached hydrogen (secondary N) is 3. The fourth-order valence-electron chi connectivity index (χ4n) is 1.50. The van der Waals surface area contributed by atoms with Gasteiger partial charge in [0.2, 0.25) is 11.8 Å². The van der Waals surface area contributed by atoms with Gasteiger partial charge in [-0.05, 0) is 30.7 Å². The van der Waals surface area contributed by atoms with Crippen LogP contribution in [0.25, 0.3) is 0 Å². The summed E-state index contributed by atoms with van der Waals surface area (Å²) in [6.45, 7) is 3.91. The number of benzene rings is 1. The maximum Gasteiger partial charge on any atom is 0.251 e. The van der Waals surface area contributed by atoms with Crippen LogP contribution in [0.3, 0.4) is 0 Å². The molecule has 1 aromatic rings. The van der Waals surface area contributed by atoms with E-state index in [1.165, 1.54) is 6.92 Å². The Labute approximate surface area is 117 Å². The summed E-state index contributed by atoms with van der Waals surface area (Å²) in [5.74, 6) is -0.712. The molecule has 0 fully saturated rings. The minimum atomic E-state index is -0.328. The lowest BCUT2D eigenvalue weighted by Gasteiger charge is -2.07. The third-order valence-electron chi connectivity index (χ3n) is 2.45. The molecule has 0 saturated heterocycles. The Kier molecular flexibility index (Phi) is 6.22. The van der Waals surface area contributed by atoms with Crippen molar-refractivity contribution in [3.8, 4) is 0 Å². The largest absolute Gasteiger partial charge is 0.355 e. The first-order valence-electron chi connectivity index (χ1n) is 6.45. The van der Waals surface area contributed by atoms with Crippen LogP contribution < -0.4 is 16.0 Å². The van der Waals surface area contributed by atoms with Crippen molar-refractivity contribution in [2.75, 3.05) is 18.4 Å². The lowest BCUT2D eigenvalue weighted by molar-refractivity contribution is -0.120. The van der Waals surface area contributed by atoms with Gasteiger partial charge >= 0.3 is 0 Å². The highest BCUT2D eigenvalue weighted by Gasteiger charge is 2.07. The summed E-state index contributed by atoms with van der Waals surface area (Å²) in [7, 11) is 0. The van der Waals surface area contributed by atoms with Crippen LogP contribution >= 0.6 is 0 Å². The van der Waals surface area contributed by atoms with E-state index >= 15 is 0 Å². The molecular weight excluding hydrogens is 258 g/mol. The van der Waals surface area contributed by atoms with Crippen LogP contribution in [0.5, 0.6) is 0 Å². The predicted molar refractivity (Wildman–Crippen MR) is 76.4 cm³/mol. The SMILES string of the molecule is CCCNC(=O)CNC(=O)c1ccc(NC(C)=O)cc1. The monoisotopic (exact) mass is 277 g/mol. The highest BCUT2D eigenvalue weighted by Crippen LogP contribution is 2.09. The molecule has 3 N–H and O–H groups in total. The zero-order valence-electron chi connectivity index (χ0n) is 11.7. The average molecular weight is 277 g/mol. The van der Waals surface area contributed by atoms with E-state index < -0.39 is 0 Å². The normalized spacial score (nSPS) is 9.70. The first-order valence-corrected chi connectivity index (χ1v) is 6.45. The molecule has 0 radical (unpaired) electrons. The van der Waals surface area contributed by atoms with E-state index in [9.17, 15) is 14.4 Å². The number of anilines is 1. The lowest BCUT2D eigenvalue weighted by Crippen LogP contribution is -2.37. The third-order valence-corrected chi connectivity index (χ3v) is 2.45. The molecule has 6 heteroatoms. The quantitative estimate of drug-likeness (QED) is 0.722. The fraction of sp³-hybridized carbons (Fsp3) is 0.357.